The van der Waals surface area contributed by atoms with Gasteiger partial charge in [0.2, 0.25) is 0 Å². The second-order valence-electron chi connectivity index (χ2n) is 7.15. The van der Waals surface area contributed by atoms with Gasteiger partial charge in [0.05, 0.1) is 35.9 Å². The molecule has 0 radical (unpaired) electrons. The number of pyridine rings is 1. The van der Waals surface area contributed by atoms with Gasteiger partial charge in [-0.15, -0.1) is 0 Å². The Balaban J connectivity index is 1.83. The molecule has 9 heteroatoms. The zero-order valence-corrected chi connectivity index (χ0v) is 15.1. The van der Waals surface area contributed by atoms with Crippen LogP contribution in [0.15, 0.2) is 18.2 Å². The van der Waals surface area contributed by atoms with Crippen LogP contribution < -0.4 is 10.1 Å². The molecule has 0 amide bonds. The maximum atomic E-state index is 13.4. The number of carbonyl (C=O) groups excluding carboxylic acids is 2. The zero-order chi connectivity index (χ0) is 20.3. The molecule has 2 aliphatic heterocycles. The summed E-state index contributed by atoms with van der Waals surface area (Å²) in [6, 6.07) is 3.03. The Morgan fingerprint density at radius 1 is 1.39 bits per heavy atom. The summed E-state index contributed by atoms with van der Waals surface area (Å²) in [5.74, 6) is -0.610. The topological polar surface area (TPSA) is 77.5 Å². The number of carbonyl (C=O) groups is 2. The predicted molar refractivity (Wildman–Crippen MR) is 92.2 cm³/mol. The first-order valence-corrected chi connectivity index (χ1v) is 8.69. The van der Waals surface area contributed by atoms with E-state index in [2.05, 4.69) is 10.3 Å². The molecule has 2 aliphatic rings. The van der Waals surface area contributed by atoms with Crippen LogP contribution in [0.25, 0.3) is 10.9 Å². The number of rotatable bonds is 1. The van der Waals surface area contributed by atoms with Gasteiger partial charge in [0.1, 0.15) is 11.6 Å². The van der Waals surface area contributed by atoms with E-state index in [4.69, 9.17) is 9.47 Å². The molecule has 148 valence electrons. The molecule has 0 bridgehead atoms. The lowest BCUT2D eigenvalue weighted by atomic mass is 9.86. The number of fused-ring (bicyclic) bond motifs is 3. The third-order valence-electron chi connectivity index (χ3n) is 5.26. The fraction of sp³-hybridized carbons (Fsp3) is 0.421. The first-order valence-electron chi connectivity index (χ1n) is 8.69. The van der Waals surface area contributed by atoms with Crippen molar-refractivity contribution in [3.05, 3.63) is 35.0 Å². The average molecular weight is 394 g/mol. The molecule has 6 nitrogen and oxygen atoms in total. The Hall–Kier alpha value is -2.68. The van der Waals surface area contributed by atoms with E-state index in [1.54, 1.807) is 0 Å². The quantitative estimate of drug-likeness (QED) is 0.750. The van der Waals surface area contributed by atoms with E-state index in [-0.39, 0.29) is 53.1 Å². The van der Waals surface area contributed by atoms with Crippen LogP contribution in [0.4, 0.5) is 13.2 Å². The van der Waals surface area contributed by atoms with Crippen molar-refractivity contribution < 1.29 is 32.2 Å². The van der Waals surface area contributed by atoms with E-state index in [0.717, 1.165) is 6.07 Å². The van der Waals surface area contributed by atoms with E-state index < -0.39 is 29.4 Å². The van der Waals surface area contributed by atoms with Crippen molar-refractivity contribution in [3.63, 3.8) is 0 Å². The maximum Gasteiger partial charge on any atom is 0.418 e. The van der Waals surface area contributed by atoms with Gasteiger partial charge >= 0.3 is 12.1 Å². The van der Waals surface area contributed by atoms with Crippen LogP contribution >= 0.6 is 0 Å². The lowest BCUT2D eigenvalue weighted by Crippen LogP contribution is -2.44. The number of nitrogens with one attached hydrogen (secondary N) is 1. The van der Waals surface area contributed by atoms with Gasteiger partial charge in [0.25, 0.3) is 0 Å². The second kappa shape index (κ2) is 6.16. The normalized spacial score (nSPS) is 24.3. The largest absolute Gasteiger partial charge is 0.483 e. The van der Waals surface area contributed by atoms with Crippen LogP contribution in [-0.2, 0) is 15.7 Å². The first kappa shape index (κ1) is 18.7. The van der Waals surface area contributed by atoms with Crippen LogP contribution in [0.1, 0.15) is 34.5 Å². The fourth-order valence-corrected chi connectivity index (χ4v) is 4.00. The van der Waals surface area contributed by atoms with Gasteiger partial charge in [0, 0.05) is 18.4 Å². The molecule has 1 fully saturated rings. The van der Waals surface area contributed by atoms with Gasteiger partial charge < -0.3 is 14.8 Å². The predicted octanol–water partition coefficient (Wildman–Crippen LogP) is 2.80. The number of hydrogen-bond donors (Lipinski definition) is 1. The molecule has 4 rings (SSSR count). The van der Waals surface area contributed by atoms with E-state index in [9.17, 15) is 22.8 Å². The molecule has 1 aromatic heterocycles. The summed E-state index contributed by atoms with van der Waals surface area (Å²) in [6.07, 6.45) is -4.41. The minimum Gasteiger partial charge on any atom is -0.483 e. The molecule has 1 N–H and O–H groups in total. The number of esters is 1. The Kier molecular flexibility index (Phi) is 4.11. The number of methoxy groups -OCH3 is 1. The molecule has 28 heavy (non-hydrogen) atoms. The lowest BCUT2D eigenvalue weighted by Gasteiger charge is -2.35. The molecule has 0 aliphatic carbocycles. The van der Waals surface area contributed by atoms with Gasteiger partial charge in [-0.25, -0.2) is 4.98 Å². The Labute approximate surface area is 158 Å². The third-order valence-corrected chi connectivity index (χ3v) is 5.26. The smallest absolute Gasteiger partial charge is 0.418 e. The number of aromatic nitrogens is 1. The van der Waals surface area contributed by atoms with Crippen molar-refractivity contribution in [2.45, 2.75) is 37.6 Å². The van der Waals surface area contributed by atoms with Crippen molar-refractivity contribution in [2.75, 3.05) is 13.7 Å². The van der Waals surface area contributed by atoms with Crippen molar-refractivity contribution in [2.24, 2.45) is 0 Å². The molecule has 0 saturated carbocycles. The monoisotopic (exact) mass is 394 g/mol. The van der Waals surface area contributed by atoms with E-state index in [0.29, 0.717) is 0 Å². The van der Waals surface area contributed by atoms with Crippen LogP contribution in [-0.4, -0.2) is 42.0 Å². The number of ether oxygens (including phenoxy) is 2. The molecule has 3 heterocycles. The summed E-state index contributed by atoms with van der Waals surface area (Å²) >= 11 is 0. The van der Waals surface area contributed by atoms with E-state index in [1.807, 2.05) is 0 Å². The second-order valence-corrected chi connectivity index (χ2v) is 7.15. The fourth-order valence-electron chi connectivity index (χ4n) is 4.00. The zero-order valence-electron chi connectivity index (χ0n) is 15.1. The first-order chi connectivity index (χ1) is 13.1. The number of halogens is 3. The SMILES string of the molecule is COC(=O)[C@@H]1C[C@@]2(CN1)CC(=O)c1c(c(C)nc3c(C(F)(F)F)cccc13)O2. The van der Waals surface area contributed by atoms with E-state index in [1.165, 1.54) is 26.2 Å². The maximum absolute atomic E-state index is 13.4. The molecular weight excluding hydrogens is 377 g/mol. The summed E-state index contributed by atoms with van der Waals surface area (Å²) < 4.78 is 50.9. The number of alkyl halides is 3. The number of benzene rings is 1. The van der Waals surface area contributed by atoms with Gasteiger partial charge in [0.15, 0.2) is 11.5 Å². The van der Waals surface area contributed by atoms with Crippen LogP contribution in [0, 0.1) is 6.92 Å². The van der Waals surface area contributed by atoms with Gasteiger partial charge in [-0.1, -0.05) is 12.1 Å². The summed E-state index contributed by atoms with van der Waals surface area (Å²) in [7, 11) is 1.27. The van der Waals surface area contributed by atoms with Crippen molar-refractivity contribution >= 4 is 22.7 Å². The highest BCUT2D eigenvalue weighted by molar-refractivity contribution is 6.11. The Morgan fingerprint density at radius 3 is 2.82 bits per heavy atom. The number of Topliss-reactive ketones (excluding diaryl/α,β-unsaturated/α-hetero) is 1. The lowest BCUT2D eigenvalue weighted by molar-refractivity contribution is -0.143. The molecule has 2 atom stereocenters. The van der Waals surface area contributed by atoms with Crippen LogP contribution in [0.5, 0.6) is 5.75 Å². The minimum absolute atomic E-state index is 0.0463. The van der Waals surface area contributed by atoms with E-state index >= 15 is 0 Å². The highest BCUT2D eigenvalue weighted by Gasteiger charge is 2.49. The number of nitrogens with zero attached hydrogens (tertiary/aromatic N) is 1. The minimum atomic E-state index is -4.59. The molecule has 1 saturated heterocycles. The summed E-state index contributed by atoms with van der Waals surface area (Å²) in [5.41, 5.74) is -1.80. The molecule has 2 aromatic rings. The van der Waals surface area contributed by atoms with Crippen LogP contribution in [0.3, 0.4) is 0 Å². The summed E-state index contributed by atoms with van der Waals surface area (Å²) in [6.45, 7) is 1.76. The molecule has 1 spiro atoms. The number of aryl methyl sites for hydroxylation is 1. The third kappa shape index (κ3) is 2.81. The average Bonchev–Trinajstić information content (AvgIpc) is 3.03. The summed E-state index contributed by atoms with van der Waals surface area (Å²) in [4.78, 5) is 28.9. The number of ketones is 1. The van der Waals surface area contributed by atoms with Crippen LogP contribution in [0.2, 0.25) is 0 Å². The molecular formula is C19H17F3N2O4. The highest BCUT2D eigenvalue weighted by Crippen LogP contribution is 2.44. The molecule has 0 unspecified atom stereocenters. The van der Waals surface area contributed by atoms with Gasteiger partial charge in [-0.3, -0.25) is 9.59 Å². The van der Waals surface area contributed by atoms with Gasteiger partial charge in [-0.05, 0) is 13.0 Å². The standard InChI is InChI=1S/C19H17F3N2O4/c1-9-16-14(10-4-3-5-11(15(10)24-9)19(20,21)22)13(25)7-18(28-16)6-12(23-8-18)17(26)27-2/h3-5,12,23H,6-8H2,1-2H3/t12-,18-/m0/s1. The highest BCUT2D eigenvalue weighted by atomic mass is 19.4. The number of para-hydroxylation sites is 1. The van der Waals surface area contributed by atoms with Crippen molar-refractivity contribution in [1.82, 2.24) is 10.3 Å². The Bertz CT molecular complexity index is 1000. The molecule has 1 aromatic carbocycles. The van der Waals surface area contributed by atoms with Crippen molar-refractivity contribution in [3.8, 4) is 5.75 Å². The number of hydrogen-bond acceptors (Lipinski definition) is 6. The van der Waals surface area contributed by atoms with Gasteiger partial charge in [-0.2, -0.15) is 13.2 Å². The van der Waals surface area contributed by atoms with Crippen molar-refractivity contribution in [1.29, 1.82) is 0 Å². The summed E-state index contributed by atoms with van der Waals surface area (Å²) in [5, 5.41) is 3.10. The Morgan fingerprint density at radius 2 is 2.14 bits per heavy atom.